The summed E-state index contributed by atoms with van der Waals surface area (Å²) in [7, 11) is 0. The van der Waals surface area contributed by atoms with Gasteiger partial charge in [0.15, 0.2) is 0 Å². The van der Waals surface area contributed by atoms with Crippen LogP contribution in [0.2, 0.25) is 0 Å². The maximum absolute atomic E-state index is 13.3. The van der Waals surface area contributed by atoms with Crippen LogP contribution < -0.4 is 5.32 Å². The molecule has 1 aromatic carbocycles. The number of aryl methyl sites for hydroxylation is 1. The van der Waals surface area contributed by atoms with Gasteiger partial charge >= 0.3 is 0 Å². The molecule has 7 nitrogen and oxygen atoms in total. The van der Waals surface area contributed by atoms with Crippen molar-refractivity contribution in [2.75, 3.05) is 32.7 Å². The number of hydrogen-bond donors (Lipinski definition) is 1. The summed E-state index contributed by atoms with van der Waals surface area (Å²) in [4.78, 5) is 29.4. The van der Waals surface area contributed by atoms with Crippen molar-refractivity contribution in [3.8, 4) is 5.69 Å². The fraction of sp³-hybridized carbons (Fsp3) is 0.476. The second-order valence-electron chi connectivity index (χ2n) is 7.75. The first kappa shape index (κ1) is 22.2. The van der Waals surface area contributed by atoms with Gasteiger partial charge in [0, 0.05) is 32.2 Å². The Morgan fingerprint density at radius 3 is 2.63 bits per heavy atom. The highest BCUT2D eigenvalue weighted by atomic mass is 35.5. The second kappa shape index (κ2) is 9.14. The van der Waals surface area contributed by atoms with Gasteiger partial charge in [-0.05, 0) is 51.0 Å². The molecule has 3 heterocycles. The summed E-state index contributed by atoms with van der Waals surface area (Å²) >= 11 is 0. The summed E-state index contributed by atoms with van der Waals surface area (Å²) in [6.07, 6.45) is 1.79. The number of nitrogens with one attached hydrogen (secondary N) is 1. The monoisotopic (exact) mass is 435 g/mol. The molecule has 2 aromatic rings. The second-order valence-corrected chi connectivity index (χ2v) is 7.75. The number of benzene rings is 1. The molecule has 1 aromatic heterocycles. The maximum atomic E-state index is 13.3. The molecular weight excluding hydrogens is 409 g/mol. The van der Waals surface area contributed by atoms with Crippen molar-refractivity contribution in [2.24, 2.45) is 0 Å². The predicted molar refractivity (Wildman–Crippen MR) is 114 cm³/mol. The van der Waals surface area contributed by atoms with E-state index in [4.69, 9.17) is 0 Å². The SMILES string of the molecule is Cc1nn(-c2ccc(F)cc2)c(C)c1C(=O)N1CCCC(N2CCNCC2=O)C1.Cl. The zero-order valence-corrected chi connectivity index (χ0v) is 18.0. The van der Waals surface area contributed by atoms with Gasteiger partial charge in [0.1, 0.15) is 5.82 Å². The van der Waals surface area contributed by atoms with E-state index >= 15 is 0 Å². The summed E-state index contributed by atoms with van der Waals surface area (Å²) in [6, 6.07) is 6.13. The van der Waals surface area contributed by atoms with E-state index in [9.17, 15) is 14.0 Å². The van der Waals surface area contributed by atoms with E-state index in [0.29, 0.717) is 43.1 Å². The Labute approximate surface area is 181 Å². The first-order valence-electron chi connectivity index (χ1n) is 10.1. The molecule has 1 atom stereocenters. The van der Waals surface area contributed by atoms with Crippen LogP contribution in [0.5, 0.6) is 0 Å². The number of aromatic nitrogens is 2. The number of piperidine rings is 1. The molecule has 4 rings (SSSR count). The van der Waals surface area contributed by atoms with Crippen LogP contribution in [-0.2, 0) is 4.79 Å². The van der Waals surface area contributed by atoms with Crippen LogP contribution in [0.4, 0.5) is 4.39 Å². The summed E-state index contributed by atoms with van der Waals surface area (Å²) in [5.41, 5.74) is 2.69. The maximum Gasteiger partial charge on any atom is 0.257 e. The first-order chi connectivity index (χ1) is 14.0. The van der Waals surface area contributed by atoms with Crippen LogP contribution in [-0.4, -0.2) is 70.2 Å². The molecular formula is C21H27ClFN5O2. The molecule has 9 heteroatoms. The molecule has 0 saturated carbocycles. The van der Waals surface area contributed by atoms with Crippen LogP contribution in [0, 0.1) is 19.7 Å². The minimum atomic E-state index is -0.312. The van der Waals surface area contributed by atoms with E-state index in [2.05, 4.69) is 10.4 Å². The highest BCUT2D eigenvalue weighted by Crippen LogP contribution is 2.23. The van der Waals surface area contributed by atoms with Crippen molar-refractivity contribution in [2.45, 2.75) is 32.7 Å². The molecule has 2 saturated heterocycles. The van der Waals surface area contributed by atoms with Gasteiger partial charge in [0.25, 0.3) is 5.91 Å². The average Bonchev–Trinajstić information content (AvgIpc) is 3.02. The van der Waals surface area contributed by atoms with Gasteiger partial charge in [-0.3, -0.25) is 9.59 Å². The molecule has 0 bridgehead atoms. The molecule has 2 fully saturated rings. The molecule has 1 unspecified atom stereocenters. The van der Waals surface area contributed by atoms with E-state index in [1.54, 1.807) is 16.8 Å². The van der Waals surface area contributed by atoms with Crippen molar-refractivity contribution in [3.05, 3.63) is 47.0 Å². The van der Waals surface area contributed by atoms with Crippen molar-refractivity contribution in [1.29, 1.82) is 0 Å². The zero-order chi connectivity index (χ0) is 20.5. The van der Waals surface area contributed by atoms with Crippen LogP contribution in [0.25, 0.3) is 5.69 Å². The number of likely N-dealkylation sites (tertiary alicyclic amines) is 1. The Hall–Kier alpha value is -2.45. The Balaban J connectivity index is 0.00000256. The van der Waals surface area contributed by atoms with E-state index in [1.165, 1.54) is 12.1 Å². The molecule has 1 N–H and O–H groups in total. The first-order valence-corrected chi connectivity index (χ1v) is 10.1. The number of amides is 2. The van der Waals surface area contributed by atoms with Crippen LogP contribution in [0.15, 0.2) is 24.3 Å². The van der Waals surface area contributed by atoms with E-state index in [-0.39, 0.29) is 36.1 Å². The largest absolute Gasteiger partial charge is 0.336 e. The summed E-state index contributed by atoms with van der Waals surface area (Å²) in [5, 5.41) is 7.61. The lowest BCUT2D eigenvalue weighted by molar-refractivity contribution is -0.135. The number of carbonyl (C=O) groups excluding carboxylic acids is 2. The Morgan fingerprint density at radius 1 is 1.20 bits per heavy atom. The molecule has 162 valence electrons. The van der Waals surface area contributed by atoms with E-state index in [0.717, 1.165) is 25.1 Å². The van der Waals surface area contributed by atoms with Gasteiger partial charge in [-0.2, -0.15) is 5.10 Å². The van der Waals surface area contributed by atoms with Gasteiger partial charge in [-0.1, -0.05) is 0 Å². The summed E-state index contributed by atoms with van der Waals surface area (Å²) in [6.45, 7) is 6.75. The quantitative estimate of drug-likeness (QED) is 0.801. The summed E-state index contributed by atoms with van der Waals surface area (Å²) in [5.74, 6) is -0.263. The number of nitrogens with zero attached hydrogens (tertiary/aromatic N) is 4. The van der Waals surface area contributed by atoms with Crippen molar-refractivity contribution >= 4 is 24.2 Å². The molecule has 2 amide bonds. The molecule has 0 aliphatic carbocycles. The van der Waals surface area contributed by atoms with Gasteiger partial charge < -0.3 is 15.1 Å². The third-order valence-corrected chi connectivity index (χ3v) is 5.83. The minimum Gasteiger partial charge on any atom is -0.336 e. The predicted octanol–water partition coefficient (Wildman–Crippen LogP) is 2.09. The van der Waals surface area contributed by atoms with Crippen molar-refractivity contribution in [1.82, 2.24) is 24.9 Å². The van der Waals surface area contributed by atoms with E-state index in [1.807, 2.05) is 23.6 Å². The fourth-order valence-electron chi connectivity index (χ4n) is 4.34. The molecule has 30 heavy (non-hydrogen) atoms. The normalized spacial score (nSPS) is 19.6. The highest BCUT2D eigenvalue weighted by molar-refractivity contribution is 5.96. The third-order valence-electron chi connectivity index (χ3n) is 5.83. The van der Waals surface area contributed by atoms with Gasteiger partial charge in [-0.15, -0.1) is 12.4 Å². The van der Waals surface area contributed by atoms with Gasteiger partial charge in [0.05, 0.1) is 29.2 Å². The lowest BCUT2D eigenvalue weighted by Crippen LogP contribution is -2.57. The standard InChI is InChI=1S/C21H26FN5O2.ClH/c1-14-20(15(2)27(24-14)17-7-5-16(22)6-8-17)21(29)25-10-3-4-18(13-25)26-11-9-23-12-19(26)28;/h5-8,18,23H,3-4,9-13H2,1-2H3;1H. The molecule has 2 aliphatic heterocycles. The Bertz CT molecular complexity index is 930. The lowest BCUT2D eigenvalue weighted by Gasteiger charge is -2.41. The molecule has 2 aliphatic rings. The summed E-state index contributed by atoms with van der Waals surface area (Å²) < 4.78 is 14.9. The lowest BCUT2D eigenvalue weighted by atomic mass is 10.0. The minimum absolute atomic E-state index is 0. The fourth-order valence-corrected chi connectivity index (χ4v) is 4.34. The highest BCUT2D eigenvalue weighted by Gasteiger charge is 2.33. The number of piperazine rings is 1. The number of carbonyl (C=O) groups is 2. The van der Waals surface area contributed by atoms with E-state index < -0.39 is 0 Å². The van der Waals surface area contributed by atoms with Gasteiger partial charge in [0.2, 0.25) is 5.91 Å². The number of rotatable bonds is 3. The third kappa shape index (κ3) is 4.20. The number of halogens is 2. The van der Waals surface area contributed by atoms with Crippen LogP contribution >= 0.6 is 12.4 Å². The van der Waals surface area contributed by atoms with Crippen molar-refractivity contribution < 1.29 is 14.0 Å². The number of hydrogen-bond acceptors (Lipinski definition) is 4. The Morgan fingerprint density at radius 2 is 1.93 bits per heavy atom. The smallest absolute Gasteiger partial charge is 0.257 e. The van der Waals surface area contributed by atoms with Crippen molar-refractivity contribution in [3.63, 3.8) is 0 Å². The molecule has 0 radical (unpaired) electrons. The Kier molecular flexibility index (Phi) is 6.77. The molecule has 0 spiro atoms. The van der Waals surface area contributed by atoms with Gasteiger partial charge in [-0.25, -0.2) is 9.07 Å². The van der Waals surface area contributed by atoms with Crippen LogP contribution in [0.3, 0.4) is 0 Å². The van der Waals surface area contributed by atoms with Crippen LogP contribution in [0.1, 0.15) is 34.6 Å². The zero-order valence-electron chi connectivity index (χ0n) is 17.2. The average molecular weight is 436 g/mol. The topological polar surface area (TPSA) is 70.5 Å².